The molecule has 1 heterocycles. The van der Waals surface area contributed by atoms with E-state index in [2.05, 4.69) is 10.6 Å². The van der Waals surface area contributed by atoms with Gasteiger partial charge in [0.25, 0.3) is 5.24 Å². The Balaban J connectivity index is 2.14. The van der Waals surface area contributed by atoms with Gasteiger partial charge in [-0.1, -0.05) is 11.8 Å². The van der Waals surface area contributed by atoms with E-state index < -0.39 is 32.7 Å². The van der Waals surface area contributed by atoms with Crippen LogP contribution in [0.5, 0.6) is 0 Å². The molecule has 0 spiro atoms. The van der Waals surface area contributed by atoms with Crippen LogP contribution in [-0.4, -0.2) is 31.4 Å². The molecule has 4 N–H and O–H groups in total. The minimum atomic E-state index is -4.01. The van der Waals surface area contributed by atoms with Crippen LogP contribution in [0.2, 0.25) is 0 Å². The van der Waals surface area contributed by atoms with Crippen LogP contribution in [0, 0.1) is 5.82 Å². The van der Waals surface area contributed by atoms with Crippen LogP contribution in [0.1, 0.15) is 0 Å². The maximum atomic E-state index is 13.7. The summed E-state index contributed by atoms with van der Waals surface area (Å²) in [5, 5.41) is 9.21. The first-order chi connectivity index (χ1) is 9.27. The molecule has 1 aromatic rings. The molecule has 1 saturated heterocycles. The van der Waals surface area contributed by atoms with Crippen LogP contribution >= 0.6 is 11.8 Å². The summed E-state index contributed by atoms with van der Waals surface area (Å²) in [5.74, 6) is -1.26. The van der Waals surface area contributed by atoms with E-state index >= 15 is 0 Å². The fourth-order valence-corrected chi connectivity index (χ4v) is 2.82. The summed E-state index contributed by atoms with van der Waals surface area (Å²) in [5.41, 5.74) is -0.187. The summed E-state index contributed by atoms with van der Waals surface area (Å²) >= 11 is 0.954. The average Bonchev–Trinajstić information content (AvgIpc) is 2.77. The Labute approximate surface area is 118 Å². The number of sulfonamides is 1. The predicted octanol–water partition coefficient (Wildman–Crippen LogP) is 0.237. The van der Waals surface area contributed by atoms with E-state index in [1.807, 2.05) is 0 Å². The highest BCUT2D eigenvalue weighted by molar-refractivity contribution is 8.14. The molecule has 2 amide bonds. The standard InChI is InChI=1S/C10H10FN3O4S2/c11-6-3-5(20(12,17)18)1-2-7(6)13-9(15)8-4-19-10(16)14-8/h1-3,8H,4H2,(H,13,15)(H,14,16)(H2,12,17,18). The fourth-order valence-electron chi connectivity index (χ4n) is 1.52. The summed E-state index contributed by atoms with van der Waals surface area (Å²) in [6.45, 7) is 0. The maximum Gasteiger partial charge on any atom is 0.279 e. The van der Waals surface area contributed by atoms with E-state index in [1.54, 1.807) is 0 Å². The predicted molar refractivity (Wildman–Crippen MR) is 71.2 cm³/mol. The van der Waals surface area contributed by atoms with E-state index in [4.69, 9.17) is 5.14 Å². The Morgan fingerprint density at radius 2 is 2.20 bits per heavy atom. The van der Waals surface area contributed by atoms with Crippen LogP contribution in [0.4, 0.5) is 14.9 Å². The second-order valence-electron chi connectivity index (χ2n) is 3.97. The summed E-state index contributed by atoms with van der Waals surface area (Å²) in [4.78, 5) is 22.3. The van der Waals surface area contributed by atoms with Gasteiger partial charge in [0.05, 0.1) is 10.6 Å². The number of nitrogens with one attached hydrogen (secondary N) is 2. The molecule has 10 heteroatoms. The summed E-state index contributed by atoms with van der Waals surface area (Å²) in [7, 11) is -4.01. The molecule has 1 aromatic carbocycles. The van der Waals surface area contributed by atoms with Gasteiger partial charge in [-0.15, -0.1) is 0 Å². The molecule has 20 heavy (non-hydrogen) atoms. The van der Waals surface area contributed by atoms with Crippen molar-refractivity contribution in [1.82, 2.24) is 5.32 Å². The van der Waals surface area contributed by atoms with Crippen molar-refractivity contribution in [3.8, 4) is 0 Å². The highest BCUT2D eigenvalue weighted by atomic mass is 32.2. The number of hydrogen-bond acceptors (Lipinski definition) is 5. The lowest BCUT2D eigenvalue weighted by molar-refractivity contribution is -0.117. The van der Waals surface area contributed by atoms with Crippen LogP contribution in [0.3, 0.4) is 0 Å². The summed E-state index contributed by atoms with van der Waals surface area (Å²) in [6, 6.07) is 2.14. The minimum absolute atomic E-state index is 0.187. The summed E-state index contributed by atoms with van der Waals surface area (Å²) in [6.07, 6.45) is 0. The lowest BCUT2D eigenvalue weighted by Gasteiger charge is -2.11. The zero-order valence-electron chi connectivity index (χ0n) is 9.92. The van der Waals surface area contributed by atoms with Gasteiger partial charge in [0.1, 0.15) is 11.9 Å². The molecule has 108 valence electrons. The first-order valence-corrected chi connectivity index (χ1v) is 7.87. The van der Waals surface area contributed by atoms with E-state index in [0.29, 0.717) is 6.07 Å². The van der Waals surface area contributed by atoms with Crippen LogP contribution in [0.25, 0.3) is 0 Å². The number of carbonyl (C=O) groups is 2. The van der Waals surface area contributed by atoms with Crippen molar-refractivity contribution in [2.45, 2.75) is 10.9 Å². The van der Waals surface area contributed by atoms with Crippen molar-refractivity contribution in [2.75, 3.05) is 11.1 Å². The second kappa shape index (κ2) is 5.38. The first-order valence-electron chi connectivity index (χ1n) is 5.34. The van der Waals surface area contributed by atoms with E-state index in [1.165, 1.54) is 0 Å². The van der Waals surface area contributed by atoms with Gasteiger partial charge in [0.2, 0.25) is 15.9 Å². The van der Waals surface area contributed by atoms with Gasteiger partial charge in [-0.2, -0.15) is 0 Å². The highest BCUT2D eigenvalue weighted by Gasteiger charge is 2.28. The average molecular weight is 319 g/mol. The Bertz CT molecular complexity index is 677. The monoisotopic (exact) mass is 319 g/mol. The molecule has 1 fully saturated rings. The minimum Gasteiger partial charge on any atom is -0.334 e. The number of anilines is 1. The number of hydrogen-bond donors (Lipinski definition) is 3. The Morgan fingerprint density at radius 3 is 2.70 bits per heavy atom. The number of primary sulfonamides is 1. The number of halogens is 1. The number of benzene rings is 1. The molecule has 2 rings (SSSR count). The lowest BCUT2D eigenvalue weighted by Crippen LogP contribution is -2.38. The molecule has 0 saturated carbocycles. The van der Waals surface area contributed by atoms with E-state index in [-0.39, 0.29) is 16.7 Å². The normalized spacial score (nSPS) is 18.7. The third kappa shape index (κ3) is 3.26. The fraction of sp³-hybridized carbons (Fsp3) is 0.200. The molecule has 1 aliphatic heterocycles. The van der Waals surface area contributed by atoms with Gasteiger partial charge in [-0.05, 0) is 18.2 Å². The van der Waals surface area contributed by atoms with E-state index in [9.17, 15) is 22.4 Å². The molecule has 0 radical (unpaired) electrons. The number of amides is 2. The van der Waals surface area contributed by atoms with Crippen molar-refractivity contribution in [1.29, 1.82) is 0 Å². The lowest BCUT2D eigenvalue weighted by atomic mass is 10.2. The molecule has 1 atom stereocenters. The Morgan fingerprint density at radius 1 is 1.50 bits per heavy atom. The number of nitrogens with two attached hydrogens (primary N) is 1. The number of carbonyl (C=O) groups excluding carboxylic acids is 2. The zero-order valence-corrected chi connectivity index (χ0v) is 11.6. The topological polar surface area (TPSA) is 118 Å². The van der Waals surface area contributed by atoms with Crippen molar-refractivity contribution >= 4 is 38.6 Å². The first kappa shape index (κ1) is 14.8. The van der Waals surface area contributed by atoms with Gasteiger partial charge < -0.3 is 10.6 Å². The van der Waals surface area contributed by atoms with E-state index in [0.717, 1.165) is 23.9 Å². The van der Waals surface area contributed by atoms with Crippen molar-refractivity contribution in [2.24, 2.45) is 5.14 Å². The zero-order chi connectivity index (χ0) is 14.9. The second-order valence-corrected chi connectivity index (χ2v) is 6.53. The van der Waals surface area contributed by atoms with Crippen LogP contribution in [-0.2, 0) is 14.8 Å². The van der Waals surface area contributed by atoms with Gasteiger partial charge in [0.15, 0.2) is 0 Å². The van der Waals surface area contributed by atoms with Crippen LogP contribution < -0.4 is 15.8 Å². The van der Waals surface area contributed by atoms with Gasteiger partial charge in [-0.3, -0.25) is 9.59 Å². The maximum absolute atomic E-state index is 13.7. The van der Waals surface area contributed by atoms with Gasteiger partial charge in [-0.25, -0.2) is 17.9 Å². The third-order valence-electron chi connectivity index (χ3n) is 2.52. The molecular weight excluding hydrogens is 309 g/mol. The molecule has 7 nitrogen and oxygen atoms in total. The SMILES string of the molecule is NS(=O)(=O)c1ccc(NC(=O)C2CSC(=O)N2)c(F)c1. The summed E-state index contributed by atoms with van der Waals surface area (Å²) < 4.78 is 35.8. The largest absolute Gasteiger partial charge is 0.334 e. The Hall–Kier alpha value is -1.65. The molecule has 0 aliphatic carbocycles. The van der Waals surface area contributed by atoms with Crippen molar-refractivity contribution in [3.05, 3.63) is 24.0 Å². The molecule has 0 bridgehead atoms. The quantitative estimate of drug-likeness (QED) is 0.737. The smallest absolute Gasteiger partial charge is 0.279 e. The molecule has 1 unspecified atom stereocenters. The number of rotatable bonds is 3. The van der Waals surface area contributed by atoms with Gasteiger partial charge in [0, 0.05) is 5.75 Å². The van der Waals surface area contributed by atoms with Crippen molar-refractivity contribution in [3.63, 3.8) is 0 Å². The molecule has 0 aromatic heterocycles. The van der Waals surface area contributed by atoms with Crippen molar-refractivity contribution < 1.29 is 22.4 Å². The van der Waals surface area contributed by atoms with Crippen LogP contribution in [0.15, 0.2) is 23.1 Å². The highest BCUT2D eigenvalue weighted by Crippen LogP contribution is 2.20. The molecular formula is C10H10FN3O4S2. The van der Waals surface area contributed by atoms with Gasteiger partial charge >= 0.3 is 0 Å². The Kier molecular flexibility index (Phi) is 3.97. The molecule has 1 aliphatic rings. The number of thioether (sulfide) groups is 1. The third-order valence-corrected chi connectivity index (χ3v) is 4.31.